The summed E-state index contributed by atoms with van der Waals surface area (Å²) in [5.41, 5.74) is 2.55. The zero-order valence-electron chi connectivity index (χ0n) is 13.7. The summed E-state index contributed by atoms with van der Waals surface area (Å²) >= 11 is 8.38. The number of aromatic nitrogens is 2. The van der Waals surface area contributed by atoms with Gasteiger partial charge in [-0.25, -0.2) is 4.98 Å². The molecule has 26 heavy (non-hydrogen) atoms. The molecule has 0 spiro atoms. The van der Waals surface area contributed by atoms with Crippen LogP contribution in [0.15, 0.2) is 77.6 Å². The molecule has 0 unspecified atom stereocenters. The van der Waals surface area contributed by atoms with Gasteiger partial charge in [0, 0.05) is 14.2 Å². The van der Waals surface area contributed by atoms with E-state index in [1.807, 2.05) is 54.6 Å². The van der Waals surface area contributed by atoms with Crippen molar-refractivity contribution in [2.45, 2.75) is 6.54 Å². The molecule has 0 bridgehead atoms. The Bertz CT molecular complexity index is 1160. The van der Waals surface area contributed by atoms with E-state index in [0.29, 0.717) is 28.3 Å². The number of benzene rings is 3. The Morgan fingerprint density at radius 1 is 0.962 bits per heavy atom. The van der Waals surface area contributed by atoms with Gasteiger partial charge in [-0.15, -0.1) is 0 Å². The molecule has 0 saturated heterocycles. The van der Waals surface area contributed by atoms with E-state index in [4.69, 9.17) is 16.6 Å². The molecule has 128 valence electrons. The first-order valence-electron chi connectivity index (χ1n) is 8.12. The molecule has 5 heteroatoms. The lowest BCUT2D eigenvalue weighted by atomic mass is 10.1. The van der Waals surface area contributed by atoms with Crippen molar-refractivity contribution in [3.63, 3.8) is 0 Å². The number of hydrogen-bond donors (Lipinski definition) is 0. The van der Waals surface area contributed by atoms with Gasteiger partial charge in [0.05, 0.1) is 17.4 Å². The Kier molecular flexibility index (Phi) is 4.78. The number of fused-ring (bicyclic) bond motifs is 1. The molecule has 0 amide bonds. The third-order valence-electron chi connectivity index (χ3n) is 4.21. The van der Waals surface area contributed by atoms with E-state index in [-0.39, 0.29) is 5.56 Å². The second-order valence-electron chi connectivity index (χ2n) is 5.95. The quantitative estimate of drug-likeness (QED) is 0.376. The van der Waals surface area contributed by atoms with Crippen molar-refractivity contribution in [3.05, 3.63) is 97.3 Å². The minimum atomic E-state index is -0.0870. The molecular weight excluding hydrogens is 459 g/mol. The van der Waals surface area contributed by atoms with E-state index >= 15 is 0 Å². The highest BCUT2D eigenvalue weighted by atomic mass is 127. The smallest absolute Gasteiger partial charge is 0.262 e. The molecule has 3 aromatic carbocycles. The van der Waals surface area contributed by atoms with Crippen LogP contribution in [-0.2, 0) is 6.54 Å². The van der Waals surface area contributed by atoms with Gasteiger partial charge >= 0.3 is 0 Å². The summed E-state index contributed by atoms with van der Waals surface area (Å²) in [5.74, 6) is 0.665. The molecule has 0 fully saturated rings. The predicted molar refractivity (Wildman–Crippen MR) is 115 cm³/mol. The van der Waals surface area contributed by atoms with Crippen LogP contribution in [0, 0.1) is 3.57 Å². The highest BCUT2D eigenvalue weighted by Gasteiger charge is 2.15. The van der Waals surface area contributed by atoms with Crippen molar-refractivity contribution in [1.82, 2.24) is 9.55 Å². The zero-order chi connectivity index (χ0) is 18.1. The minimum Gasteiger partial charge on any atom is -0.288 e. The molecule has 0 atom stereocenters. The van der Waals surface area contributed by atoms with Gasteiger partial charge in [0.2, 0.25) is 0 Å². The van der Waals surface area contributed by atoms with Crippen LogP contribution in [0.2, 0.25) is 5.02 Å². The topological polar surface area (TPSA) is 34.9 Å². The standard InChI is InChI=1S/C21H14ClIN2O/c22-15-10-11-19-17(12-15)21(26)25(13-14-6-2-1-3-7-14)20(24-19)16-8-4-5-9-18(16)23/h1-12H,13H2. The molecule has 4 aromatic rings. The largest absolute Gasteiger partial charge is 0.288 e. The van der Waals surface area contributed by atoms with E-state index in [0.717, 1.165) is 14.7 Å². The second kappa shape index (κ2) is 7.21. The Morgan fingerprint density at radius 2 is 1.69 bits per heavy atom. The van der Waals surface area contributed by atoms with Crippen molar-refractivity contribution in [1.29, 1.82) is 0 Å². The first-order valence-corrected chi connectivity index (χ1v) is 9.58. The highest BCUT2D eigenvalue weighted by Crippen LogP contribution is 2.25. The zero-order valence-corrected chi connectivity index (χ0v) is 16.6. The summed E-state index contributed by atoms with van der Waals surface area (Å²) < 4.78 is 2.78. The highest BCUT2D eigenvalue weighted by molar-refractivity contribution is 14.1. The molecule has 3 nitrogen and oxygen atoms in total. The fraction of sp³-hybridized carbons (Fsp3) is 0.0476. The van der Waals surface area contributed by atoms with Gasteiger partial charge in [-0.2, -0.15) is 0 Å². The van der Waals surface area contributed by atoms with Crippen molar-refractivity contribution in [2.24, 2.45) is 0 Å². The Balaban J connectivity index is 2.02. The summed E-state index contributed by atoms with van der Waals surface area (Å²) in [6.07, 6.45) is 0. The Hall–Kier alpha value is -2.18. The van der Waals surface area contributed by atoms with E-state index in [9.17, 15) is 4.79 Å². The van der Waals surface area contributed by atoms with Crippen molar-refractivity contribution < 1.29 is 0 Å². The van der Waals surface area contributed by atoms with Crippen LogP contribution in [0.3, 0.4) is 0 Å². The molecule has 0 radical (unpaired) electrons. The summed E-state index contributed by atoms with van der Waals surface area (Å²) in [6.45, 7) is 0.454. The van der Waals surface area contributed by atoms with Crippen LogP contribution in [0.5, 0.6) is 0 Å². The molecule has 0 N–H and O–H groups in total. The average Bonchev–Trinajstić information content (AvgIpc) is 2.66. The predicted octanol–water partition coefficient (Wildman–Crippen LogP) is 5.37. The second-order valence-corrected chi connectivity index (χ2v) is 7.55. The Labute approximate surface area is 169 Å². The van der Waals surface area contributed by atoms with Gasteiger partial charge in [-0.05, 0) is 52.4 Å². The van der Waals surface area contributed by atoms with Crippen LogP contribution in [0.25, 0.3) is 22.3 Å². The summed E-state index contributed by atoms with van der Waals surface area (Å²) in [4.78, 5) is 18.1. The third kappa shape index (κ3) is 3.27. The fourth-order valence-corrected chi connectivity index (χ4v) is 3.75. The maximum Gasteiger partial charge on any atom is 0.262 e. The number of nitrogens with zero attached hydrogens (tertiary/aromatic N) is 2. The van der Waals surface area contributed by atoms with E-state index in [1.165, 1.54) is 0 Å². The molecule has 0 aliphatic carbocycles. The van der Waals surface area contributed by atoms with Crippen molar-refractivity contribution in [2.75, 3.05) is 0 Å². The lowest BCUT2D eigenvalue weighted by Gasteiger charge is -2.15. The van der Waals surface area contributed by atoms with Crippen LogP contribution < -0.4 is 5.56 Å². The number of hydrogen-bond acceptors (Lipinski definition) is 2. The lowest BCUT2D eigenvalue weighted by Crippen LogP contribution is -2.24. The van der Waals surface area contributed by atoms with E-state index in [2.05, 4.69) is 22.6 Å². The molecular formula is C21H14ClIN2O. The SMILES string of the molecule is O=c1c2cc(Cl)ccc2nc(-c2ccccc2I)n1Cc1ccccc1. The normalized spacial score (nSPS) is 11.0. The fourth-order valence-electron chi connectivity index (χ4n) is 2.95. The number of rotatable bonds is 3. The molecule has 1 heterocycles. The van der Waals surface area contributed by atoms with Gasteiger partial charge in [-0.1, -0.05) is 60.1 Å². The van der Waals surface area contributed by atoms with Crippen LogP contribution >= 0.6 is 34.2 Å². The third-order valence-corrected chi connectivity index (χ3v) is 5.39. The van der Waals surface area contributed by atoms with Gasteiger partial charge in [0.15, 0.2) is 0 Å². The summed E-state index contributed by atoms with van der Waals surface area (Å²) in [5, 5.41) is 1.06. The lowest BCUT2D eigenvalue weighted by molar-refractivity contribution is 0.759. The monoisotopic (exact) mass is 472 g/mol. The summed E-state index contributed by atoms with van der Waals surface area (Å²) in [7, 11) is 0. The summed E-state index contributed by atoms with van der Waals surface area (Å²) in [6, 6.07) is 23.1. The van der Waals surface area contributed by atoms with Crippen LogP contribution in [0.1, 0.15) is 5.56 Å². The number of halogens is 2. The maximum atomic E-state index is 13.3. The van der Waals surface area contributed by atoms with Gasteiger partial charge in [0.1, 0.15) is 5.82 Å². The van der Waals surface area contributed by atoms with Gasteiger partial charge in [-0.3, -0.25) is 9.36 Å². The Morgan fingerprint density at radius 3 is 2.46 bits per heavy atom. The van der Waals surface area contributed by atoms with Gasteiger partial charge < -0.3 is 0 Å². The maximum absolute atomic E-state index is 13.3. The van der Waals surface area contributed by atoms with Crippen molar-refractivity contribution in [3.8, 4) is 11.4 Å². The van der Waals surface area contributed by atoms with E-state index < -0.39 is 0 Å². The molecule has 0 aliphatic rings. The molecule has 0 aliphatic heterocycles. The van der Waals surface area contributed by atoms with Gasteiger partial charge in [0.25, 0.3) is 5.56 Å². The first-order chi connectivity index (χ1) is 12.6. The van der Waals surface area contributed by atoms with Crippen LogP contribution in [0.4, 0.5) is 0 Å². The minimum absolute atomic E-state index is 0.0870. The average molecular weight is 473 g/mol. The molecule has 0 saturated carbocycles. The first kappa shape index (κ1) is 17.2. The molecule has 4 rings (SSSR count). The van der Waals surface area contributed by atoms with Crippen molar-refractivity contribution >= 4 is 45.1 Å². The van der Waals surface area contributed by atoms with Crippen LogP contribution in [-0.4, -0.2) is 9.55 Å². The van der Waals surface area contributed by atoms with E-state index in [1.54, 1.807) is 22.8 Å². The molecule has 1 aromatic heterocycles.